The van der Waals surface area contributed by atoms with Crippen molar-refractivity contribution in [2.45, 2.75) is 32.3 Å². The number of thiophene rings is 1. The fourth-order valence-corrected chi connectivity index (χ4v) is 6.55. The number of amides is 1. The van der Waals surface area contributed by atoms with Crippen LogP contribution < -0.4 is 14.8 Å². The molecule has 1 heterocycles. The molecule has 8 heteroatoms. The summed E-state index contributed by atoms with van der Waals surface area (Å²) in [5, 5.41) is 4.48. The number of rotatable bonds is 8. The number of para-hydroxylation sites is 1. The summed E-state index contributed by atoms with van der Waals surface area (Å²) in [6.45, 7) is 0.400. The van der Waals surface area contributed by atoms with Crippen LogP contribution in [0.1, 0.15) is 44.8 Å². The van der Waals surface area contributed by atoms with E-state index in [9.17, 15) is 4.79 Å². The van der Waals surface area contributed by atoms with Crippen LogP contribution in [0.15, 0.2) is 71.7 Å². The van der Waals surface area contributed by atoms with E-state index in [0.717, 1.165) is 56.6 Å². The molecule has 0 aliphatic heterocycles. The second-order valence-electron chi connectivity index (χ2n) is 8.92. The van der Waals surface area contributed by atoms with Crippen molar-refractivity contribution in [3.05, 3.63) is 102 Å². The fraction of sp³-hybridized carbons (Fsp3) is 0.200. The quantitative estimate of drug-likeness (QED) is 0.153. The van der Waals surface area contributed by atoms with Crippen LogP contribution in [0, 0.1) is 3.57 Å². The largest absolute Gasteiger partial charge is 0.493 e. The van der Waals surface area contributed by atoms with Gasteiger partial charge in [-0.25, -0.2) is 4.99 Å². The normalized spacial score (nSPS) is 12.8. The van der Waals surface area contributed by atoms with Gasteiger partial charge in [-0.15, -0.1) is 11.3 Å². The van der Waals surface area contributed by atoms with Crippen molar-refractivity contribution in [3.63, 3.8) is 0 Å². The molecule has 194 valence electrons. The Morgan fingerprint density at radius 2 is 1.87 bits per heavy atom. The van der Waals surface area contributed by atoms with Crippen LogP contribution >= 0.6 is 45.5 Å². The maximum absolute atomic E-state index is 13.4. The zero-order valence-corrected chi connectivity index (χ0v) is 24.5. The van der Waals surface area contributed by atoms with Gasteiger partial charge in [-0.1, -0.05) is 41.9 Å². The first-order valence-corrected chi connectivity index (χ1v) is 14.6. The van der Waals surface area contributed by atoms with Crippen LogP contribution in [0.2, 0.25) is 5.02 Å². The lowest BCUT2D eigenvalue weighted by Gasteiger charge is -2.14. The predicted octanol–water partition coefficient (Wildman–Crippen LogP) is 8.48. The van der Waals surface area contributed by atoms with Gasteiger partial charge in [0.1, 0.15) is 11.6 Å². The van der Waals surface area contributed by atoms with Crippen LogP contribution in [0.3, 0.4) is 0 Å². The summed E-state index contributed by atoms with van der Waals surface area (Å²) in [5.41, 5.74) is 4.48. The van der Waals surface area contributed by atoms with Crippen LogP contribution in [0.4, 0.5) is 10.7 Å². The Balaban J connectivity index is 1.40. The molecular formula is C30H26ClIN2O3S. The highest BCUT2D eigenvalue weighted by atomic mass is 127. The zero-order valence-electron chi connectivity index (χ0n) is 20.8. The molecule has 1 N–H and O–H groups in total. The van der Waals surface area contributed by atoms with E-state index in [4.69, 9.17) is 26.1 Å². The van der Waals surface area contributed by atoms with E-state index < -0.39 is 0 Å². The third kappa shape index (κ3) is 6.22. The minimum Gasteiger partial charge on any atom is -0.493 e. The number of nitrogens with zero attached hydrogens (tertiary/aromatic N) is 1. The molecule has 38 heavy (non-hydrogen) atoms. The molecule has 0 atom stereocenters. The van der Waals surface area contributed by atoms with E-state index in [0.29, 0.717) is 28.7 Å². The number of anilines is 1. The number of ether oxygens (including phenoxy) is 2. The van der Waals surface area contributed by atoms with Crippen molar-refractivity contribution < 1.29 is 14.3 Å². The minimum absolute atomic E-state index is 0.110. The third-order valence-corrected chi connectivity index (χ3v) is 8.54. The number of benzene rings is 3. The lowest BCUT2D eigenvalue weighted by atomic mass is 9.95. The Morgan fingerprint density at radius 1 is 1.11 bits per heavy atom. The SMILES string of the molecule is COc1cc(C=Nc2sc3c(c2C(=O)Nc2ccccc2)CCCC3)cc(I)c1OCc1ccc(Cl)cc1. The second-order valence-corrected chi connectivity index (χ2v) is 11.6. The Morgan fingerprint density at radius 3 is 2.63 bits per heavy atom. The van der Waals surface area contributed by atoms with E-state index in [2.05, 4.69) is 27.9 Å². The minimum atomic E-state index is -0.110. The number of fused-ring (bicyclic) bond motifs is 1. The highest BCUT2D eigenvalue weighted by Gasteiger charge is 2.25. The summed E-state index contributed by atoms with van der Waals surface area (Å²) in [7, 11) is 1.63. The molecular weight excluding hydrogens is 631 g/mol. The third-order valence-electron chi connectivity index (χ3n) is 6.29. The number of hydrogen-bond donors (Lipinski definition) is 1. The van der Waals surface area contributed by atoms with Gasteiger partial charge < -0.3 is 14.8 Å². The highest BCUT2D eigenvalue weighted by molar-refractivity contribution is 14.1. The Labute approximate surface area is 245 Å². The number of carbonyl (C=O) groups is 1. The van der Waals surface area contributed by atoms with E-state index >= 15 is 0 Å². The van der Waals surface area contributed by atoms with E-state index in [1.807, 2.05) is 66.7 Å². The summed E-state index contributed by atoms with van der Waals surface area (Å²) in [6, 6.07) is 21.0. The van der Waals surface area contributed by atoms with Gasteiger partial charge in [-0.05, 0) is 101 Å². The number of aliphatic imine (C=N–C) groups is 1. The van der Waals surface area contributed by atoms with Crippen LogP contribution in [0.25, 0.3) is 0 Å². The summed E-state index contributed by atoms with van der Waals surface area (Å²) >= 11 is 9.86. The van der Waals surface area contributed by atoms with E-state index in [-0.39, 0.29) is 5.91 Å². The Kier molecular flexibility index (Phi) is 8.66. The molecule has 3 aromatic carbocycles. The maximum atomic E-state index is 13.4. The lowest BCUT2D eigenvalue weighted by Crippen LogP contribution is -2.14. The molecule has 0 fully saturated rings. The molecule has 1 aromatic heterocycles. The first-order valence-electron chi connectivity index (χ1n) is 12.3. The van der Waals surface area contributed by atoms with Crippen LogP contribution in [-0.2, 0) is 19.4 Å². The van der Waals surface area contributed by atoms with Gasteiger partial charge in [0.15, 0.2) is 11.5 Å². The molecule has 4 aromatic rings. The molecule has 1 amide bonds. The van der Waals surface area contributed by atoms with Gasteiger partial charge in [-0.2, -0.15) is 0 Å². The Bertz CT molecular complexity index is 1470. The van der Waals surface area contributed by atoms with Crippen molar-refractivity contribution >= 4 is 68.3 Å². The number of methoxy groups -OCH3 is 1. The molecule has 0 spiro atoms. The molecule has 5 nitrogen and oxygen atoms in total. The Hall–Kier alpha value is -2.88. The average Bonchev–Trinajstić information content (AvgIpc) is 3.31. The van der Waals surface area contributed by atoms with Gasteiger partial charge in [0.25, 0.3) is 5.91 Å². The average molecular weight is 657 g/mol. The topological polar surface area (TPSA) is 59.9 Å². The highest BCUT2D eigenvalue weighted by Crippen LogP contribution is 2.41. The zero-order chi connectivity index (χ0) is 26.5. The van der Waals surface area contributed by atoms with Gasteiger partial charge in [0.2, 0.25) is 0 Å². The van der Waals surface area contributed by atoms with Gasteiger partial charge in [-0.3, -0.25) is 4.79 Å². The summed E-state index contributed by atoms with van der Waals surface area (Å²) in [6.07, 6.45) is 5.93. The molecule has 1 aliphatic carbocycles. The van der Waals surface area contributed by atoms with Crippen LogP contribution in [-0.4, -0.2) is 19.2 Å². The molecule has 0 saturated carbocycles. The number of carbonyl (C=O) groups excluding carboxylic acids is 1. The van der Waals surface area contributed by atoms with Crippen molar-refractivity contribution in [1.82, 2.24) is 0 Å². The summed E-state index contributed by atoms with van der Waals surface area (Å²) in [4.78, 5) is 19.4. The van der Waals surface area contributed by atoms with Gasteiger partial charge in [0.05, 0.1) is 16.2 Å². The molecule has 1 aliphatic rings. The van der Waals surface area contributed by atoms with E-state index in [1.165, 1.54) is 4.88 Å². The maximum Gasteiger partial charge on any atom is 0.259 e. The summed E-state index contributed by atoms with van der Waals surface area (Å²) < 4.78 is 12.6. The number of halogens is 2. The first kappa shape index (κ1) is 26.7. The predicted molar refractivity (Wildman–Crippen MR) is 164 cm³/mol. The first-order chi connectivity index (χ1) is 18.5. The molecule has 0 bridgehead atoms. The van der Waals surface area contributed by atoms with Crippen molar-refractivity contribution in [3.8, 4) is 11.5 Å². The number of hydrogen-bond acceptors (Lipinski definition) is 5. The van der Waals surface area contributed by atoms with Gasteiger partial charge in [0, 0.05) is 21.8 Å². The lowest BCUT2D eigenvalue weighted by molar-refractivity contribution is 0.102. The fourth-order valence-electron chi connectivity index (χ4n) is 4.42. The molecule has 0 unspecified atom stereocenters. The molecule has 0 saturated heterocycles. The van der Waals surface area contributed by atoms with Crippen molar-refractivity contribution in [2.75, 3.05) is 12.4 Å². The second kappa shape index (κ2) is 12.3. The standard InChI is InChI=1S/C30H26ClIN2O3S/c1-36-25-16-20(15-24(32)28(25)37-18-19-11-13-21(31)14-12-19)17-33-30-27(23-9-5-6-10-26(23)38-30)29(35)34-22-7-3-2-4-8-22/h2-4,7-8,11-17H,5-6,9-10,18H2,1H3,(H,34,35). The number of nitrogens with one attached hydrogen (secondary N) is 1. The summed E-state index contributed by atoms with van der Waals surface area (Å²) in [5.74, 6) is 1.19. The molecule has 5 rings (SSSR count). The number of aryl methyl sites for hydroxylation is 1. The van der Waals surface area contributed by atoms with Gasteiger partial charge >= 0.3 is 0 Å². The van der Waals surface area contributed by atoms with Crippen LogP contribution in [0.5, 0.6) is 11.5 Å². The van der Waals surface area contributed by atoms with E-state index in [1.54, 1.807) is 24.7 Å². The van der Waals surface area contributed by atoms with Crippen molar-refractivity contribution in [2.24, 2.45) is 4.99 Å². The monoisotopic (exact) mass is 656 g/mol. The smallest absolute Gasteiger partial charge is 0.259 e. The van der Waals surface area contributed by atoms with Crippen molar-refractivity contribution in [1.29, 1.82) is 0 Å². The molecule has 0 radical (unpaired) electrons.